The molecule has 2 aromatic rings. The molecule has 1 aromatic heterocycles. The molecule has 0 amide bonds. The standard InChI is InChI=1S/C34H37F2O11P/c1-31-8-7-21(38)11-25(31)26(35)12-24-23-13-29-34(28(40)17-45-48(41,42)43,32(23,2)14-27(39)33(24,31)36)47-30(46-29)20-10-22(44-16-20)9-18-3-5-19(15-37)6-4-18/h3-8,10-11,16,23-24,26-27,29-30,37,39H,9,12-15,17H2,1-2H3,(H2,41,42,43)/t23-,24-,26-,27-,29+,30+,31-,32-,33-,34+/m0/s1. The van der Waals surface area contributed by atoms with Gasteiger partial charge in [-0.3, -0.25) is 14.1 Å². The largest absolute Gasteiger partial charge is 0.470 e. The molecule has 3 saturated carbocycles. The number of aliphatic hydroxyl groups is 2. The van der Waals surface area contributed by atoms with E-state index in [9.17, 15) is 34.2 Å². The predicted molar refractivity (Wildman–Crippen MR) is 162 cm³/mol. The maximum Gasteiger partial charge on any atom is 0.470 e. The van der Waals surface area contributed by atoms with Gasteiger partial charge in [0.25, 0.3) is 0 Å². The number of furan rings is 1. The first-order valence-electron chi connectivity index (χ1n) is 15.8. The minimum atomic E-state index is -5.10. The van der Waals surface area contributed by atoms with Crippen LogP contribution in [-0.2, 0) is 41.2 Å². The van der Waals surface area contributed by atoms with Crippen LogP contribution in [0, 0.1) is 22.7 Å². The molecule has 0 unspecified atom stereocenters. The molecule has 0 radical (unpaired) electrons. The number of ether oxygens (including phenoxy) is 2. The lowest BCUT2D eigenvalue weighted by molar-refractivity contribution is -0.235. The van der Waals surface area contributed by atoms with E-state index in [1.54, 1.807) is 25.1 Å². The third kappa shape index (κ3) is 4.81. The number of phosphoric acid groups is 1. The quantitative estimate of drug-likeness (QED) is 0.294. The highest BCUT2D eigenvalue weighted by molar-refractivity contribution is 7.46. The molecule has 10 atom stereocenters. The number of carbonyl (C=O) groups excluding carboxylic acids is 2. The molecule has 11 nitrogen and oxygen atoms in total. The van der Waals surface area contributed by atoms with Gasteiger partial charge in [0.15, 0.2) is 29.1 Å². The maximum atomic E-state index is 17.7. The van der Waals surface area contributed by atoms with Crippen molar-refractivity contribution in [3.05, 3.63) is 82.8 Å². The lowest BCUT2D eigenvalue weighted by Crippen LogP contribution is -2.70. The van der Waals surface area contributed by atoms with Crippen LogP contribution in [0.15, 0.2) is 64.8 Å². The minimum absolute atomic E-state index is 0.0180. The molecule has 0 spiro atoms. The van der Waals surface area contributed by atoms with Crippen LogP contribution in [0.5, 0.6) is 0 Å². The van der Waals surface area contributed by atoms with E-state index in [1.807, 2.05) is 12.1 Å². The summed E-state index contributed by atoms with van der Waals surface area (Å²) in [5.74, 6) is -2.70. The summed E-state index contributed by atoms with van der Waals surface area (Å²) >= 11 is 0. The van der Waals surface area contributed by atoms with Crippen LogP contribution in [0.3, 0.4) is 0 Å². The summed E-state index contributed by atoms with van der Waals surface area (Å²) in [5, 5.41) is 21.0. The third-order valence-electron chi connectivity index (χ3n) is 11.7. The second-order valence-corrected chi connectivity index (χ2v) is 15.3. The number of Topliss-reactive ketones (excluding diaryl/α,β-unsaturated/α-hetero) is 1. The van der Waals surface area contributed by atoms with Crippen molar-refractivity contribution in [3.8, 4) is 0 Å². The number of benzene rings is 1. The monoisotopic (exact) mass is 690 g/mol. The Labute approximate surface area is 274 Å². The van der Waals surface area contributed by atoms with E-state index in [4.69, 9.17) is 13.9 Å². The Balaban J connectivity index is 1.23. The van der Waals surface area contributed by atoms with Crippen LogP contribution in [0.4, 0.5) is 8.78 Å². The first-order chi connectivity index (χ1) is 22.6. The number of aliphatic hydroxyl groups excluding tert-OH is 2. The number of allylic oxidation sites excluding steroid dienone is 4. The van der Waals surface area contributed by atoms with Gasteiger partial charge in [0.05, 0.1) is 25.1 Å². The predicted octanol–water partition coefficient (Wildman–Crippen LogP) is 4.12. The zero-order valence-electron chi connectivity index (χ0n) is 26.3. The molecule has 48 heavy (non-hydrogen) atoms. The van der Waals surface area contributed by atoms with Crippen LogP contribution >= 0.6 is 7.82 Å². The van der Waals surface area contributed by atoms with Crippen molar-refractivity contribution < 1.29 is 61.3 Å². The number of carbonyl (C=O) groups is 2. The highest BCUT2D eigenvalue weighted by Gasteiger charge is 2.80. The first-order valence-corrected chi connectivity index (χ1v) is 17.4. The molecule has 7 rings (SSSR count). The Bertz CT molecular complexity index is 1750. The van der Waals surface area contributed by atoms with Gasteiger partial charge in [-0.2, -0.15) is 0 Å². The fraction of sp³-hybridized carbons (Fsp3) is 0.529. The van der Waals surface area contributed by atoms with Crippen molar-refractivity contribution in [3.63, 3.8) is 0 Å². The molecule has 2 heterocycles. The van der Waals surface area contributed by atoms with Crippen LogP contribution in [0.25, 0.3) is 0 Å². The summed E-state index contributed by atoms with van der Waals surface area (Å²) in [4.78, 5) is 45.1. The smallest absolute Gasteiger partial charge is 0.469 e. The highest BCUT2D eigenvalue weighted by atomic mass is 31.2. The maximum absolute atomic E-state index is 17.7. The van der Waals surface area contributed by atoms with Crippen molar-refractivity contribution >= 4 is 19.4 Å². The molecule has 1 saturated heterocycles. The third-order valence-corrected chi connectivity index (χ3v) is 12.1. The number of halogens is 2. The van der Waals surface area contributed by atoms with Crippen LogP contribution < -0.4 is 0 Å². The van der Waals surface area contributed by atoms with Crippen molar-refractivity contribution in [2.45, 2.75) is 82.1 Å². The SMILES string of the molecule is C[C@]12C=CC(=O)C=C1[C@@H](F)C[C@H]1[C@@H]3C[C@H]4O[C@@H](c5coc(Cc6ccc(CO)cc6)c5)O[C@@]4(C(=O)COP(=O)(O)O)[C@@]3(C)C[C@H](O)[C@@]12F. The summed E-state index contributed by atoms with van der Waals surface area (Å²) in [6.45, 7) is 1.97. The number of alkyl halides is 2. The molecule has 4 N–H and O–H groups in total. The summed E-state index contributed by atoms with van der Waals surface area (Å²) in [5.41, 5.74) is -5.36. The topological polar surface area (TPSA) is 173 Å². The Kier molecular flexibility index (Phi) is 7.93. The van der Waals surface area contributed by atoms with E-state index in [0.717, 1.165) is 17.2 Å². The normalized spacial score (nSPS) is 40.2. The van der Waals surface area contributed by atoms with Gasteiger partial charge in [-0.25, -0.2) is 13.3 Å². The number of fused-ring (bicyclic) bond motifs is 7. The summed E-state index contributed by atoms with van der Waals surface area (Å²) in [7, 11) is -5.10. The van der Waals surface area contributed by atoms with E-state index >= 15 is 8.78 Å². The molecule has 4 fully saturated rings. The summed E-state index contributed by atoms with van der Waals surface area (Å²) in [6, 6.07) is 8.98. The van der Waals surface area contributed by atoms with Crippen molar-refractivity contribution in [2.24, 2.45) is 22.7 Å². The van der Waals surface area contributed by atoms with Crippen LogP contribution in [-0.4, -0.2) is 67.8 Å². The Morgan fingerprint density at radius 2 is 1.83 bits per heavy atom. The Hall–Kier alpha value is -2.87. The number of hydrogen-bond acceptors (Lipinski definition) is 9. The zero-order chi connectivity index (χ0) is 34.4. The van der Waals surface area contributed by atoms with Gasteiger partial charge < -0.3 is 33.9 Å². The molecule has 1 aliphatic heterocycles. The number of phosphoric ester groups is 1. The molecule has 4 aliphatic carbocycles. The lowest BCUT2D eigenvalue weighted by atomic mass is 9.44. The van der Waals surface area contributed by atoms with Gasteiger partial charge in [-0.1, -0.05) is 37.3 Å². The molecule has 258 valence electrons. The van der Waals surface area contributed by atoms with E-state index in [-0.39, 0.29) is 31.4 Å². The van der Waals surface area contributed by atoms with Gasteiger partial charge in [0, 0.05) is 28.7 Å². The van der Waals surface area contributed by atoms with Crippen molar-refractivity contribution in [1.82, 2.24) is 0 Å². The van der Waals surface area contributed by atoms with E-state index in [0.29, 0.717) is 17.7 Å². The van der Waals surface area contributed by atoms with Gasteiger partial charge in [0.2, 0.25) is 0 Å². The fourth-order valence-electron chi connectivity index (χ4n) is 9.42. The van der Waals surface area contributed by atoms with Crippen molar-refractivity contribution in [1.29, 1.82) is 0 Å². The first kappa shape index (κ1) is 33.6. The highest BCUT2D eigenvalue weighted by Crippen LogP contribution is 2.72. The number of rotatable bonds is 8. The van der Waals surface area contributed by atoms with E-state index < -0.39 is 84.6 Å². The molecular weight excluding hydrogens is 653 g/mol. The van der Waals surface area contributed by atoms with Gasteiger partial charge in [-0.05, 0) is 67.0 Å². The number of ketones is 2. The van der Waals surface area contributed by atoms with Gasteiger partial charge in [0.1, 0.15) is 18.5 Å². The fourth-order valence-corrected chi connectivity index (χ4v) is 9.71. The summed E-state index contributed by atoms with van der Waals surface area (Å²) < 4.78 is 68.5. The van der Waals surface area contributed by atoms with E-state index in [1.165, 1.54) is 25.3 Å². The average Bonchev–Trinajstić information content (AvgIpc) is 3.72. The minimum Gasteiger partial charge on any atom is -0.469 e. The van der Waals surface area contributed by atoms with Gasteiger partial charge >= 0.3 is 7.82 Å². The zero-order valence-corrected chi connectivity index (χ0v) is 27.1. The lowest BCUT2D eigenvalue weighted by Gasteiger charge is -2.63. The summed E-state index contributed by atoms with van der Waals surface area (Å²) in [6.07, 6.45) is -0.962. The van der Waals surface area contributed by atoms with Crippen LogP contribution in [0.1, 0.15) is 61.9 Å². The average molecular weight is 691 g/mol. The molecule has 1 aromatic carbocycles. The molecule has 5 aliphatic rings. The van der Waals surface area contributed by atoms with E-state index in [2.05, 4.69) is 4.52 Å². The Morgan fingerprint density at radius 3 is 2.52 bits per heavy atom. The van der Waals surface area contributed by atoms with Gasteiger partial charge in [-0.15, -0.1) is 0 Å². The molecule has 0 bridgehead atoms. The van der Waals surface area contributed by atoms with Crippen LogP contribution in [0.2, 0.25) is 0 Å². The molecular formula is C34H37F2O11P. The second-order valence-electron chi connectivity index (χ2n) is 14.1. The Morgan fingerprint density at radius 1 is 1.12 bits per heavy atom. The number of hydrogen-bond donors (Lipinski definition) is 4. The molecule has 14 heteroatoms. The second kappa shape index (κ2) is 11.3. The van der Waals surface area contributed by atoms with Crippen molar-refractivity contribution in [2.75, 3.05) is 6.61 Å².